The molecule has 1 atom stereocenters. The quantitative estimate of drug-likeness (QED) is 0.606. The topological polar surface area (TPSA) is 67.4 Å². The molecule has 0 radical (unpaired) electrons. The first-order valence-electron chi connectivity index (χ1n) is 10.5. The number of anilines is 1. The molecule has 5 nitrogen and oxygen atoms in total. The van der Waals surface area contributed by atoms with Crippen LogP contribution in [-0.2, 0) is 16.0 Å². The van der Waals surface area contributed by atoms with Crippen LogP contribution in [-0.4, -0.2) is 24.5 Å². The SMILES string of the molecule is CC(NC(=O)COc1ccc2c(c1)CCC(=O)N2)C(c1ccccc1)c1ccccc1. The maximum Gasteiger partial charge on any atom is 0.258 e. The number of hydrogen-bond acceptors (Lipinski definition) is 3. The van der Waals surface area contributed by atoms with Gasteiger partial charge < -0.3 is 15.4 Å². The van der Waals surface area contributed by atoms with E-state index in [1.54, 1.807) is 6.07 Å². The van der Waals surface area contributed by atoms with E-state index in [1.165, 1.54) is 0 Å². The molecule has 0 bridgehead atoms. The van der Waals surface area contributed by atoms with Gasteiger partial charge in [0.05, 0.1) is 0 Å². The number of aryl methyl sites for hydroxylation is 1. The first-order valence-corrected chi connectivity index (χ1v) is 10.5. The van der Waals surface area contributed by atoms with Crippen molar-refractivity contribution in [2.24, 2.45) is 0 Å². The first kappa shape index (κ1) is 20.7. The van der Waals surface area contributed by atoms with Crippen LogP contribution in [0.5, 0.6) is 5.75 Å². The summed E-state index contributed by atoms with van der Waals surface area (Å²) >= 11 is 0. The Morgan fingerprint density at radius 1 is 0.968 bits per heavy atom. The van der Waals surface area contributed by atoms with Crippen LogP contribution in [0.25, 0.3) is 0 Å². The molecule has 0 aliphatic carbocycles. The summed E-state index contributed by atoms with van der Waals surface area (Å²) in [6.45, 7) is 1.95. The Kier molecular flexibility index (Phi) is 6.32. The standard InChI is InChI=1S/C26H26N2O3/c1-18(26(19-8-4-2-5-9-19)20-10-6-3-7-11-20)27-25(30)17-31-22-13-14-23-21(16-22)12-15-24(29)28-23/h2-11,13-14,16,18,26H,12,15,17H2,1H3,(H,27,30)(H,28,29). The number of hydrogen-bond donors (Lipinski definition) is 2. The molecule has 5 heteroatoms. The highest BCUT2D eigenvalue weighted by atomic mass is 16.5. The van der Waals surface area contributed by atoms with E-state index in [2.05, 4.69) is 34.9 Å². The van der Waals surface area contributed by atoms with Gasteiger partial charge in [-0.05, 0) is 48.2 Å². The van der Waals surface area contributed by atoms with Gasteiger partial charge in [0.1, 0.15) is 5.75 Å². The van der Waals surface area contributed by atoms with Crippen molar-refractivity contribution in [3.63, 3.8) is 0 Å². The number of benzene rings is 3. The molecule has 1 unspecified atom stereocenters. The molecule has 0 fully saturated rings. The third kappa shape index (κ3) is 5.12. The Balaban J connectivity index is 1.41. The Labute approximate surface area is 182 Å². The fourth-order valence-corrected chi connectivity index (χ4v) is 4.07. The normalized spacial score (nSPS) is 13.8. The van der Waals surface area contributed by atoms with Crippen LogP contribution in [0.2, 0.25) is 0 Å². The van der Waals surface area contributed by atoms with Gasteiger partial charge in [0, 0.05) is 24.1 Å². The van der Waals surface area contributed by atoms with Gasteiger partial charge in [-0.15, -0.1) is 0 Å². The van der Waals surface area contributed by atoms with E-state index < -0.39 is 0 Å². The lowest BCUT2D eigenvalue weighted by molar-refractivity contribution is -0.123. The minimum absolute atomic E-state index is 0.0286. The zero-order chi connectivity index (χ0) is 21.6. The highest BCUT2D eigenvalue weighted by molar-refractivity contribution is 5.94. The summed E-state index contributed by atoms with van der Waals surface area (Å²) in [5.74, 6) is 0.524. The van der Waals surface area contributed by atoms with E-state index >= 15 is 0 Å². The molecule has 31 heavy (non-hydrogen) atoms. The molecular formula is C26H26N2O3. The van der Waals surface area contributed by atoms with Crippen LogP contribution in [0, 0.1) is 0 Å². The Morgan fingerprint density at radius 3 is 2.26 bits per heavy atom. The van der Waals surface area contributed by atoms with Crippen molar-refractivity contribution in [1.29, 1.82) is 0 Å². The highest BCUT2D eigenvalue weighted by Crippen LogP contribution is 2.28. The van der Waals surface area contributed by atoms with Crippen molar-refractivity contribution in [3.8, 4) is 5.75 Å². The monoisotopic (exact) mass is 414 g/mol. The van der Waals surface area contributed by atoms with Crippen molar-refractivity contribution in [3.05, 3.63) is 95.6 Å². The molecule has 1 heterocycles. The molecule has 0 saturated heterocycles. The summed E-state index contributed by atoms with van der Waals surface area (Å²) in [4.78, 5) is 24.1. The zero-order valence-corrected chi connectivity index (χ0v) is 17.5. The maximum atomic E-state index is 12.6. The van der Waals surface area contributed by atoms with Crippen LogP contribution >= 0.6 is 0 Å². The summed E-state index contributed by atoms with van der Waals surface area (Å²) in [7, 11) is 0. The van der Waals surface area contributed by atoms with Crippen LogP contribution in [0.4, 0.5) is 5.69 Å². The number of rotatable bonds is 7. The molecule has 3 aromatic carbocycles. The van der Waals surface area contributed by atoms with Gasteiger partial charge in [-0.25, -0.2) is 0 Å². The van der Waals surface area contributed by atoms with E-state index in [-0.39, 0.29) is 30.4 Å². The minimum Gasteiger partial charge on any atom is -0.484 e. The summed E-state index contributed by atoms with van der Waals surface area (Å²) < 4.78 is 5.73. The van der Waals surface area contributed by atoms with Gasteiger partial charge in [0.25, 0.3) is 5.91 Å². The van der Waals surface area contributed by atoms with Gasteiger partial charge in [0.2, 0.25) is 5.91 Å². The molecule has 0 spiro atoms. The lowest BCUT2D eigenvalue weighted by atomic mass is 9.86. The number of amides is 2. The Morgan fingerprint density at radius 2 is 1.61 bits per heavy atom. The predicted octanol–water partition coefficient (Wildman–Crippen LogP) is 4.29. The average Bonchev–Trinajstić information content (AvgIpc) is 2.79. The molecule has 4 rings (SSSR count). The number of fused-ring (bicyclic) bond motifs is 1. The van der Waals surface area contributed by atoms with Gasteiger partial charge in [-0.2, -0.15) is 0 Å². The van der Waals surface area contributed by atoms with Crippen molar-refractivity contribution in [2.45, 2.75) is 31.7 Å². The molecule has 0 saturated carbocycles. The molecule has 158 valence electrons. The van der Waals surface area contributed by atoms with Crippen LogP contribution in [0.1, 0.15) is 36.0 Å². The number of carbonyl (C=O) groups excluding carboxylic acids is 2. The molecule has 1 aliphatic heterocycles. The molecular weight excluding hydrogens is 388 g/mol. The minimum atomic E-state index is -0.171. The van der Waals surface area contributed by atoms with Gasteiger partial charge in [-0.3, -0.25) is 9.59 Å². The smallest absolute Gasteiger partial charge is 0.258 e. The molecule has 1 aliphatic rings. The van der Waals surface area contributed by atoms with Crippen LogP contribution in [0.3, 0.4) is 0 Å². The largest absolute Gasteiger partial charge is 0.484 e. The summed E-state index contributed by atoms with van der Waals surface area (Å²) in [6, 6.07) is 25.8. The second-order valence-corrected chi connectivity index (χ2v) is 7.81. The van der Waals surface area contributed by atoms with Gasteiger partial charge >= 0.3 is 0 Å². The van der Waals surface area contributed by atoms with E-state index in [9.17, 15) is 9.59 Å². The second kappa shape index (κ2) is 9.47. The lowest BCUT2D eigenvalue weighted by Crippen LogP contribution is -2.40. The second-order valence-electron chi connectivity index (χ2n) is 7.81. The zero-order valence-electron chi connectivity index (χ0n) is 17.5. The van der Waals surface area contributed by atoms with E-state index in [4.69, 9.17) is 4.74 Å². The Bertz CT molecular complexity index is 1010. The van der Waals surface area contributed by atoms with Crippen molar-refractivity contribution in [2.75, 3.05) is 11.9 Å². The first-order chi connectivity index (χ1) is 15.1. The third-order valence-electron chi connectivity index (χ3n) is 5.55. The van der Waals surface area contributed by atoms with E-state index in [0.29, 0.717) is 18.6 Å². The third-order valence-corrected chi connectivity index (χ3v) is 5.55. The summed E-state index contributed by atoms with van der Waals surface area (Å²) in [5, 5.41) is 5.94. The van der Waals surface area contributed by atoms with Gasteiger partial charge in [-0.1, -0.05) is 60.7 Å². The molecule has 0 aromatic heterocycles. The number of nitrogens with one attached hydrogen (secondary N) is 2. The molecule has 3 aromatic rings. The van der Waals surface area contributed by atoms with E-state index in [1.807, 2.05) is 55.5 Å². The van der Waals surface area contributed by atoms with E-state index in [0.717, 1.165) is 22.4 Å². The van der Waals surface area contributed by atoms with Crippen molar-refractivity contribution < 1.29 is 14.3 Å². The van der Waals surface area contributed by atoms with Gasteiger partial charge in [0.15, 0.2) is 6.61 Å². The number of ether oxygens (including phenoxy) is 1. The lowest BCUT2D eigenvalue weighted by Gasteiger charge is -2.26. The van der Waals surface area contributed by atoms with Crippen molar-refractivity contribution in [1.82, 2.24) is 5.32 Å². The Hall–Kier alpha value is -3.60. The summed E-state index contributed by atoms with van der Waals surface area (Å²) in [6.07, 6.45) is 1.15. The fourth-order valence-electron chi connectivity index (χ4n) is 4.07. The predicted molar refractivity (Wildman–Crippen MR) is 121 cm³/mol. The average molecular weight is 415 g/mol. The number of carbonyl (C=O) groups is 2. The van der Waals surface area contributed by atoms with Crippen molar-refractivity contribution >= 4 is 17.5 Å². The van der Waals surface area contributed by atoms with Crippen LogP contribution in [0.15, 0.2) is 78.9 Å². The molecule has 2 N–H and O–H groups in total. The maximum absolute atomic E-state index is 12.6. The van der Waals surface area contributed by atoms with Crippen LogP contribution < -0.4 is 15.4 Å². The summed E-state index contributed by atoms with van der Waals surface area (Å²) in [5.41, 5.74) is 4.15. The fraction of sp³-hybridized carbons (Fsp3) is 0.231. The highest BCUT2D eigenvalue weighted by Gasteiger charge is 2.23. The molecule has 2 amide bonds.